The highest BCUT2D eigenvalue weighted by Gasteiger charge is 2.11. The van der Waals surface area contributed by atoms with Gasteiger partial charge in [-0.05, 0) is 61.9 Å². The Balaban J connectivity index is 1.85. The molecule has 0 saturated heterocycles. The van der Waals surface area contributed by atoms with E-state index in [-0.39, 0.29) is 0 Å². The maximum atomic E-state index is 5.95. The fourth-order valence-corrected chi connectivity index (χ4v) is 2.68. The highest BCUT2D eigenvalue weighted by atomic mass is 16.5. The maximum absolute atomic E-state index is 5.95. The zero-order valence-electron chi connectivity index (χ0n) is 13.0. The molecule has 0 aromatic heterocycles. The lowest BCUT2D eigenvalue weighted by atomic mass is 9.91. The lowest BCUT2D eigenvalue weighted by Gasteiger charge is -2.18. The number of rotatable bonds is 7. The molecule has 2 nitrogen and oxygen atoms in total. The highest BCUT2D eigenvalue weighted by molar-refractivity contribution is 5.32. The van der Waals surface area contributed by atoms with Gasteiger partial charge in [0.25, 0.3) is 0 Å². The van der Waals surface area contributed by atoms with Gasteiger partial charge in [0.05, 0.1) is 6.61 Å². The Hall–Kier alpha value is -1.80. The summed E-state index contributed by atoms with van der Waals surface area (Å²) in [5, 5.41) is 0. The number of para-hydroxylation sites is 1. The van der Waals surface area contributed by atoms with Crippen LogP contribution in [0.5, 0.6) is 5.75 Å². The number of aryl methyl sites for hydroxylation is 2. The van der Waals surface area contributed by atoms with Crippen molar-refractivity contribution in [2.45, 2.75) is 32.6 Å². The molecule has 0 bridgehead atoms. The SMILES string of the molecule is Cc1ccccc1OCCCC(CN)c1ccccc1C. The van der Waals surface area contributed by atoms with Crippen molar-refractivity contribution in [3.8, 4) is 5.75 Å². The van der Waals surface area contributed by atoms with Gasteiger partial charge < -0.3 is 10.5 Å². The van der Waals surface area contributed by atoms with Crippen LogP contribution in [0.2, 0.25) is 0 Å². The molecule has 0 aliphatic rings. The van der Waals surface area contributed by atoms with E-state index in [1.54, 1.807) is 0 Å². The van der Waals surface area contributed by atoms with E-state index in [1.165, 1.54) is 16.7 Å². The summed E-state index contributed by atoms with van der Waals surface area (Å²) in [7, 11) is 0. The molecule has 2 heteroatoms. The monoisotopic (exact) mass is 283 g/mol. The minimum atomic E-state index is 0.423. The second-order valence-electron chi connectivity index (χ2n) is 5.55. The van der Waals surface area contributed by atoms with E-state index in [2.05, 4.69) is 44.2 Å². The van der Waals surface area contributed by atoms with Crippen molar-refractivity contribution in [3.05, 3.63) is 65.2 Å². The number of hydrogen-bond acceptors (Lipinski definition) is 2. The minimum absolute atomic E-state index is 0.423. The maximum Gasteiger partial charge on any atom is 0.122 e. The number of ether oxygens (including phenoxy) is 1. The Morgan fingerprint density at radius 2 is 1.62 bits per heavy atom. The Morgan fingerprint density at radius 3 is 2.29 bits per heavy atom. The van der Waals surface area contributed by atoms with Gasteiger partial charge in [-0.15, -0.1) is 0 Å². The summed E-state index contributed by atoms with van der Waals surface area (Å²) in [5.41, 5.74) is 9.83. The third-order valence-corrected chi connectivity index (χ3v) is 3.96. The third kappa shape index (κ3) is 4.33. The summed E-state index contributed by atoms with van der Waals surface area (Å²) in [4.78, 5) is 0. The smallest absolute Gasteiger partial charge is 0.122 e. The molecule has 0 heterocycles. The first-order valence-corrected chi connectivity index (χ1v) is 7.66. The summed E-state index contributed by atoms with van der Waals surface area (Å²) in [5.74, 6) is 1.41. The van der Waals surface area contributed by atoms with Crippen LogP contribution >= 0.6 is 0 Å². The van der Waals surface area contributed by atoms with Crippen molar-refractivity contribution in [1.29, 1.82) is 0 Å². The van der Waals surface area contributed by atoms with Crippen molar-refractivity contribution < 1.29 is 4.74 Å². The summed E-state index contributed by atoms with van der Waals surface area (Å²) in [6.07, 6.45) is 2.08. The van der Waals surface area contributed by atoms with Crippen LogP contribution in [-0.2, 0) is 0 Å². The minimum Gasteiger partial charge on any atom is -0.493 e. The van der Waals surface area contributed by atoms with Gasteiger partial charge in [-0.1, -0.05) is 42.5 Å². The molecule has 0 fully saturated rings. The quantitative estimate of drug-likeness (QED) is 0.773. The second-order valence-corrected chi connectivity index (χ2v) is 5.55. The topological polar surface area (TPSA) is 35.2 Å². The molecule has 0 aliphatic heterocycles. The first-order chi connectivity index (χ1) is 10.2. The first kappa shape index (κ1) is 15.6. The fraction of sp³-hybridized carbons (Fsp3) is 0.368. The van der Waals surface area contributed by atoms with Crippen molar-refractivity contribution in [3.63, 3.8) is 0 Å². The molecule has 2 rings (SSSR count). The van der Waals surface area contributed by atoms with Crippen molar-refractivity contribution in [2.24, 2.45) is 5.73 Å². The van der Waals surface area contributed by atoms with Crippen LogP contribution in [0.1, 0.15) is 35.4 Å². The van der Waals surface area contributed by atoms with Gasteiger partial charge in [-0.3, -0.25) is 0 Å². The van der Waals surface area contributed by atoms with Crippen LogP contribution in [0.25, 0.3) is 0 Å². The van der Waals surface area contributed by atoms with Crippen molar-refractivity contribution >= 4 is 0 Å². The normalized spacial score (nSPS) is 12.1. The van der Waals surface area contributed by atoms with Gasteiger partial charge >= 0.3 is 0 Å². The predicted octanol–water partition coefficient (Wildman–Crippen LogP) is 4.20. The fourth-order valence-electron chi connectivity index (χ4n) is 2.68. The summed E-state index contributed by atoms with van der Waals surface area (Å²) < 4.78 is 5.86. The van der Waals surface area contributed by atoms with Gasteiger partial charge in [-0.25, -0.2) is 0 Å². The molecule has 1 atom stereocenters. The molecule has 0 aliphatic carbocycles. The van der Waals surface area contributed by atoms with Crippen LogP contribution < -0.4 is 10.5 Å². The largest absolute Gasteiger partial charge is 0.493 e. The van der Waals surface area contributed by atoms with Crippen LogP contribution in [0.3, 0.4) is 0 Å². The molecule has 0 radical (unpaired) electrons. The van der Waals surface area contributed by atoms with E-state index in [4.69, 9.17) is 10.5 Å². The molecule has 2 aromatic carbocycles. The molecule has 21 heavy (non-hydrogen) atoms. The van der Waals surface area contributed by atoms with E-state index in [0.29, 0.717) is 12.5 Å². The number of hydrogen-bond donors (Lipinski definition) is 1. The van der Waals surface area contributed by atoms with Crippen LogP contribution in [-0.4, -0.2) is 13.2 Å². The third-order valence-electron chi connectivity index (χ3n) is 3.96. The zero-order valence-corrected chi connectivity index (χ0v) is 13.0. The van der Waals surface area contributed by atoms with E-state index in [1.807, 2.05) is 18.2 Å². The Labute approximate surface area is 127 Å². The predicted molar refractivity (Wildman–Crippen MR) is 88.9 cm³/mol. The molecule has 2 aromatic rings. The summed E-state index contributed by atoms with van der Waals surface area (Å²) in [6.45, 7) is 5.66. The van der Waals surface area contributed by atoms with Crippen molar-refractivity contribution in [2.75, 3.05) is 13.2 Å². The van der Waals surface area contributed by atoms with E-state index >= 15 is 0 Å². The Bertz CT molecular complexity index is 565. The average molecular weight is 283 g/mol. The standard InChI is InChI=1S/C19H25NO/c1-15-8-3-5-11-18(15)17(14-20)10-7-13-21-19-12-6-4-9-16(19)2/h3-6,8-9,11-12,17H,7,10,13-14,20H2,1-2H3. The van der Waals surface area contributed by atoms with Crippen molar-refractivity contribution in [1.82, 2.24) is 0 Å². The van der Waals surface area contributed by atoms with E-state index < -0.39 is 0 Å². The Morgan fingerprint density at radius 1 is 0.952 bits per heavy atom. The molecular weight excluding hydrogens is 258 g/mol. The molecule has 2 N–H and O–H groups in total. The molecule has 112 valence electrons. The lowest BCUT2D eigenvalue weighted by Crippen LogP contribution is -2.14. The van der Waals surface area contributed by atoms with Crippen LogP contribution in [0, 0.1) is 13.8 Å². The molecular formula is C19H25NO. The zero-order chi connectivity index (χ0) is 15.1. The number of benzene rings is 2. The first-order valence-electron chi connectivity index (χ1n) is 7.66. The van der Waals surface area contributed by atoms with Crippen LogP contribution in [0.4, 0.5) is 0 Å². The summed E-state index contributed by atoms with van der Waals surface area (Å²) >= 11 is 0. The van der Waals surface area contributed by atoms with Gasteiger partial charge in [0.1, 0.15) is 5.75 Å². The lowest BCUT2D eigenvalue weighted by molar-refractivity contribution is 0.300. The van der Waals surface area contributed by atoms with Gasteiger partial charge in [-0.2, -0.15) is 0 Å². The Kier molecular flexibility index (Phi) is 5.82. The van der Waals surface area contributed by atoms with Gasteiger partial charge in [0.2, 0.25) is 0 Å². The summed E-state index contributed by atoms with van der Waals surface area (Å²) in [6, 6.07) is 16.7. The van der Waals surface area contributed by atoms with E-state index in [9.17, 15) is 0 Å². The molecule has 0 amide bonds. The average Bonchev–Trinajstić information content (AvgIpc) is 2.50. The van der Waals surface area contributed by atoms with Crippen LogP contribution in [0.15, 0.2) is 48.5 Å². The van der Waals surface area contributed by atoms with Gasteiger partial charge in [0, 0.05) is 0 Å². The molecule has 1 unspecified atom stereocenters. The van der Waals surface area contributed by atoms with Gasteiger partial charge in [0.15, 0.2) is 0 Å². The highest BCUT2D eigenvalue weighted by Crippen LogP contribution is 2.24. The van der Waals surface area contributed by atoms with E-state index in [0.717, 1.165) is 25.2 Å². The molecule has 0 saturated carbocycles. The molecule has 0 spiro atoms. The second kappa shape index (κ2) is 7.84. The number of nitrogens with two attached hydrogens (primary N) is 1.